The maximum absolute atomic E-state index is 12.0. The summed E-state index contributed by atoms with van der Waals surface area (Å²) in [6, 6.07) is 9.97. The van der Waals surface area contributed by atoms with Crippen molar-refractivity contribution in [1.82, 2.24) is 0 Å². The van der Waals surface area contributed by atoms with Gasteiger partial charge >= 0.3 is 121 Å². The summed E-state index contributed by atoms with van der Waals surface area (Å²) in [5.41, 5.74) is 0.213. The number of fused-ring (bicyclic) bond motifs is 1. The topological polar surface area (TPSA) is 17.1 Å². The van der Waals surface area contributed by atoms with E-state index in [2.05, 4.69) is 13.0 Å². The van der Waals surface area contributed by atoms with Crippen molar-refractivity contribution in [3.63, 3.8) is 0 Å². The van der Waals surface area contributed by atoms with Crippen LogP contribution in [0, 0.1) is 0 Å². The second-order valence-corrected chi connectivity index (χ2v) is 7.54. The van der Waals surface area contributed by atoms with Crippen LogP contribution in [0.5, 0.6) is 0 Å². The van der Waals surface area contributed by atoms with Gasteiger partial charge in [0.25, 0.3) is 0 Å². The summed E-state index contributed by atoms with van der Waals surface area (Å²) < 4.78 is 2.65. The zero-order valence-corrected chi connectivity index (χ0v) is 13.4. The third kappa shape index (κ3) is 4.33. The molecular formula is C17H22OSe. The van der Waals surface area contributed by atoms with Crippen LogP contribution in [0.1, 0.15) is 49.9 Å². The van der Waals surface area contributed by atoms with Crippen LogP contribution in [0.25, 0.3) is 9.65 Å². The van der Waals surface area contributed by atoms with Crippen LogP contribution in [-0.2, 0) is 6.42 Å². The van der Waals surface area contributed by atoms with Gasteiger partial charge in [0.2, 0.25) is 0 Å². The Morgan fingerprint density at radius 2 is 1.74 bits per heavy atom. The van der Waals surface area contributed by atoms with Gasteiger partial charge < -0.3 is 0 Å². The number of unbranched alkanes of at least 4 members (excludes halogenated alkanes) is 5. The van der Waals surface area contributed by atoms with Crippen LogP contribution in [0.15, 0.2) is 35.1 Å². The van der Waals surface area contributed by atoms with Crippen molar-refractivity contribution in [2.24, 2.45) is 0 Å². The molecule has 102 valence electrons. The molecule has 0 amide bonds. The van der Waals surface area contributed by atoms with Gasteiger partial charge in [0.15, 0.2) is 0 Å². The number of rotatable bonds is 7. The Labute approximate surface area is 121 Å². The Hall–Kier alpha value is -0.851. The predicted molar refractivity (Wildman–Crippen MR) is 84.2 cm³/mol. The van der Waals surface area contributed by atoms with Gasteiger partial charge in [-0.15, -0.1) is 0 Å². The van der Waals surface area contributed by atoms with Gasteiger partial charge in [-0.1, -0.05) is 0 Å². The van der Waals surface area contributed by atoms with Gasteiger partial charge in [-0.05, 0) is 0 Å². The Morgan fingerprint density at radius 3 is 2.58 bits per heavy atom. The molecule has 0 N–H and O–H groups in total. The molecule has 1 nitrogen and oxygen atoms in total. The van der Waals surface area contributed by atoms with E-state index in [0.717, 1.165) is 11.8 Å². The fraction of sp³-hybridized carbons (Fsp3) is 0.471. The maximum atomic E-state index is 12.0. The van der Waals surface area contributed by atoms with Gasteiger partial charge in [-0.2, -0.15) is 0 Å². The number of aryl methyl sites for hydroxylation is 1. The van der Waals surface area contributed by atoms with E-state index in [1.54, 1.807) is 0 Å². The van der Waals surface area contributed by atoms with Gasteiger partial charge in [0, 0.05) is 0 Å². The van der Waals surface area contributed by atoms with Gasteiger partial charge in [-0.3, -0.25) is 0 Å². The molecule has 0 saturated heterocycles. The van der Waals surface area contributed by atoms with Gasteiger partial charge in [0.1, 0.15) is 0 Å². The molecule has 2 aromatic rings. The van der Waals surface area contributed by atoms with Crippen LogP contribution in [-0.4, -0.2) is 14.5 Å². The fourth-order valence-electron chi connectivity index (χ4n) is 2.36. The molecule has 0 bridgehead atoms. The van der Waals surface area contributed by atoms with Crippen molar-refractivity contribution < 1.29 is 0 Å². The van der Waals surface area contributed by atoms with Crippen LogP contribution >= 0.6 is 0 Å². The molecule has 0 spiro atoms. The average Bonchev–Trinajstić information content (AvgIpc) is 2.43. The minimum absolute atomic E-state index is 0.213. The van der Waals surface area contributed by atoms with Crippen LogP contribution in [0.3, 0.4) is 0 Å². The molecule has 1 aromatic heterocycles. The third-order valence-electron chi connectivity index (χ3n) is 3.46. The van der Waals surface area contributed by atoms with Gasteiger partial charge in [0.05, 0.1) is 0 Å². The quantitative estimate of drug-likeness (QED) is 0.553. The molecule has 0 aliphatic carbocycles. The minimum atomic E-state index is 0.213. The number of benzene rings is 1. The summed E-state index contributed by atoms with van der Waals surface area (Å²) in [6.45, 7) is 2.25. The molecule has 0 saturated carbocycles. The zero-order chi connectivity index (χ0) is 13.5. The Kier molecular flexibility index (Phi) is 5.88. The van der Waals surface area contributed by atoms with Crippen LogP contribution < -0.4 is 5.43 Å². The standard InChI is InChI=1S/C17H22OSe/c1-2-3-4-5-6-7-10-14-13-16(18)15-11-8-9-12-17(15)19-14/h8-9,11-13H,2-7,10H2,1H3. The SMILES string of the molecule is CCCCCCCCc1cc(=O)c2ccccc2[se]1. The van der Waals surface area contributed by atoms with Crippen molar-refractivity contribution >= 4 is 24.1 Å². The Morgan fingerprint density at radius 1 is 1.00 bits per heavy atom. The van der Waals surface area contributed by atoms with Crippen molar-refractivity contribution in [2.75, 3.05) is 0 Å². The first-order valence-corrected chi connectivity index (χ1v) is 9.04. The van der Waals surface area contributed by atoms with E-state index in [4.69, 9.17) is 0 Å². The second-order valence-electron chi connectivity index (χ2n) is 5.09. The molecule has 1 heterocycles. The molecule has 0 atom stereocenters. The van der Waals surface area contributed by atoms with E-state index < -0.39 is 0 Å². The number of hydrogen-bond acceptors (Lipinski definition) is 1. The third-order valence-corrected chi connectivity index (χ3v) is 5.90. The molecule has 0 fully saturated rings. The second kappa shape index (κ2) is 7.67. The predicted octanol–water partition coefficient (Wildman–Crippen LogP) is 4.16. The first kappa shape index (κ1) is 14.6. The molecule has 2 rings (SSSR count). The fourth-order valence-corrected chi connectivity index (χ4v) is 4.71. The summed E-state index contributed by atoms with van der Waals surface area (Å²) in [7, 11) is 0. The van der Waals surface area contributed by atoms with E-state index in [1.807, 2.05) is 24.3 Å². The van der Waals surface area contributed by atoms with Crippen LogP contribution in [0.4, 0.5) is 0 Å². The summed E-state index contributed by atoms with van der Waals surface area (Å²) in [6.07, 6.45) is 9.04. The van der Waals surface area contributed by atoms with Gasteiger partial charge in [-0.25, -0.2) is 0 Å². The zero-order valence-electron chi connectivity index (χ0n) is 11.7. The van der Waals surface area contributed by atoms with E-state index >= 15 is 0 Å². The van der Waals surface area contributed by atoms with Crippen molar-refractivity contribution in [2.45, 2.75) is 51.9 Å². The molecule has 19 heavy (non-hydrogen) atoms. The molecule has 0 aliphatic rings. The molecule has 0 aliphatic heterocycles. The summed E-state index contributed by atoms with van der Waals surface area (Å²) in [5.74, 6) is 0. The molecule has 0 unspecified atom stereocenters. The normalized spacial score (nSPS) is 11.0. The average molecular weight is 321 g/mol. The van der Waals surface area contributed by atoms with E-state index in [9.17, 15) is 4.79 Å². The first-order chi connectivity index (χ1) is 9.31. The van der Waals surface area contributed by atoms with Crippen molar-refractivity contribution in [1.29, 1.82) is 0 Å². The summed E-state index contributed by atoms with van der Waals surface area (Å²) in [5, 5.41) is 0.925. The van der Waals surface area contributed by atoms with Crippen LogP contribution in [0.2, 0.25) is 0 Å². The molecule has 0 radical (unpaired) electrons. The number of hydrogen-bond donors (Lipinski definition) is 0. The first-order valence-electron chi connectivity index (χ1n) is 7.33. The molecular weight excluding hydrogens is 299 g/mol. The summed E-state index contributed by atoms with van der Waals surface area (Å²) in [4.78, 5) is 12.0. The van der Waals surface area contributed by atoms with E-state index in [-0.39, 0.29) is 5.43 Å². The molecule has 2 heteroatoms. The Balaban J connectivity index is 1.92. The van der Waals surface area contributed by atoms with E-state index in [1.165, 1.54) is 47.2 Å². The monoisotopic (exact) mass is 322 g/mol. The van der Waals surface area contributed by atoms with Crippen molar-refractivity contribution in [3.8, 4) is 0 Å². The van der Waals surface area contributed by atoms with E-state index in [0.29, 0.717) is 14.5 Å². The van der Waals surface area contributed by atoms with Crippen molar-refractivity contribution in [3.05, 3.63) is 45.0 Å². The Bertz CT molecular complexity index is 571. The molecule has 1 aromatic carbocycles. The summed E-state index contributed by atoms with van der Waals surface area (Å²) >= 11 is 0.369.